The minimum Gasteiger partial charge on any atom is -0.506 e. The third-order valence-corrected chi connectivity index (χ3v) is 3.51. The molecule has 0 aliphatic heterocycles. The van der Waals surface area contributed by atoms with Gasteiger partial charge in [0.25, 0.3) is 0 Å². The van der Waals surface area contributed by atoms with E-state index >= 15 is 0 Å². The van der Waals surface area contributed by atoms with Crippen LogP contribution in [0, 0.1) is 0 Å². The van der Waals surface area contributed by atoms with Crippen molar-refractivity contribution >= 4 is 23.2 Å². The molecule has 20 heavy (non-hydrogen) atoms. The normalized spacial score (nSPS) is 10.9. The SMILES string of the molecule is Oc1c(Cl)cc(Cl)cc1CNCCCCn1ccnc1. The summed E-state index contributed by atoms with van der Waals surface area (Å²) in [6, 6.07) is 3.26. The Morgan fingerprint density at radius 2 is 2.10 bits per heavy atom. The van der Waals surface area contributed by atoms with Crippen molar-refractivity contribution in [3.8, 4) is 5.75 Å². The number of aromatic hydroxyl groups is 1. The predicted octanol–water partition coefficient (Wildman–Crippen LogP) is 3.47. The summed E-state index contributed by atoms with van der Waals surface area (Å²) in [5, 5.41) is 13.9. The maximum absolute atomic E-state index is 9.81. The number of halogens is 2. The second-order valence-electron chi connectivity index (χ2n) is 4.58. The summed E-state index contributed by atoms with van der Waals surface area (Å²) in [7, 11) is 0. The molecule has 0 aliphatic carbocycles. The van der Waals surface area contributed by atoms with Gasteiger partial charge >= 0.3 is 0 Å². The largest absolute Gasteiger partial charge is 0.506 e. The van der Waals surface area contributed by atoms with Crippen LogP contribution < -0.4 is 5.32 Å². The molecule has 4 nitrogen and oxygen atoms in total. The van der Waals surface area contributed by atoms with Gasteiger partial charge in [-0.1, -0.05) is 23.2 Å². The molecule has 1 aromatic heterocycles. The number of unbranched alkanes of at least 4 members (excludes halogenated alkanes) is 1. The maximum atomic E-state index is 9.81. The first-order chi connectivity index (χ1) is 9.66. The highest BCUT2D eigenvalue weighted by molar-refractivity contribution is 6.35. The molecule has 0 aliphatic rings. The standard InChI is InChI=1S/C14H17Cl2N3O/c15-12-7-11(14(20)13(16)8-12)9-17-3-1-2-5-19-6-4-18-10-19/h4,6-8,10,17,20H,1-3,5,9H2. The zero-order valence-corrected chi connectivity index (χ0v) is 12.5. The quantitative estimate of drug-likeness (QED) is 0.770. The number of benzene rings is 1. The Kier molecular flexibility index (Phi) is 5.71. The van der Waals surface area contributed by atoms with Crippen molar-refractivity contribution in [3.05, 3.63) is 46.5 Å². The zero-order valence-electron chi connectivity index (χ0n) is 11.0. The van der Waals surface area contributed by atoms with Gasteiger partial charge in [-0.2, -0.15) is 0 Å². The molecule has 108 valence electrons. The molecule has 2 N–H and O–H groups in total. The fraction of sp³-hybridized carbons (Fsp3) is 0.357. The number of phenols is 1. The Morgan fingerprint density at radius 3 is 2.85 bits per heavy atom. The second-order valence-corrected chi connectivity index (χ2v) is 5.42. The Bertz CT molecular complexity index is 544. The van der Waals surface area contributed by atoms with E-state index < -0.39 is 0 Å². The molecule has 0 bridgehead atoms. The molecule has 0 amide bonds. The van der Waals surface area contributed by atoms with E-state index in [4.69, 9.17) is 23.2 Å². The lowest BCUT2D eigenvalue weighted by atomic mass is 10.2. The van der Waals surface area contributed by atoms with E-state index in [1.54, 1.807) is 12.3 Å². The number of phenolic OH excluding ortho intramolecular Hbond substituents is 1. The molecule has 1 heterocycles. The minimum atomic E-state index is 0.0991. The average molecular weight is 314 g/mol. The summed E-state index contributed by atoms with van der Waals surface area (Å²) in [5.74, 6) is 0.0991. The van der Waals surface area contributed by atoms with Gasteiger partial charge < -0.3 is 15.0 Å². The van der Waals surface area contributed by atoms with Gasteiger partial charge in [-0.25, -0.2) is 4.98 Å². The van der Waals surface area contributed by atoms with Crippen LogP contribution in [0.3, 0.4) is 0 Å². The van der Waals surface area contributed by atoms with Crippen LogP contribution in [0.25, 0.3) is 0 Å². The summed E-state index contributed by atoms with van der Waals surface area (Å²) in [4.78, 5) is 4.00. The fourth-order valence-corrected chi connectivity index (χ4v) is 2.48. The van der Waals surface area contributed by atoms with E-state index in [9.17, 15) is 5.11 Å². The highest BCUT2D eigenvalue weighted by atomic mass is 35.5. The first-order valence-electron chi connectivity index (χ1n) is 6.50. The summed E-state index contributed by atoms with van der Waals surface area (Å²) < 4.78 is 2.06. The van der Waals surface area contributed by atoms with E-state index in [2.05, 4.69) is 14.9 Å². The van der Waals surface area contributed by atoms with Gasteiger partial charge in [-0.05, 0) is 31.5 Å². The van der Waals surface area contributed by atoms with Crippen molar-refractivity contribution in [1.82, 2.24) is 14.9 Å². The lowest BCUT2D eigenvalue weighted by molar-refractivity contribution is 0.463. The van der Waals surface area contributed by atoms with Crippen LogP contribution >= 0.6 is 23.2 Å². The van der Waals surface area contributed by atoms with Crippen molar-refractivity contribution in [3.63, 3.8) is 0 Å². The highest BCUT2D eigenvalue weighted by Crippen LogP contribution is 2.30. The minimum absolute atomic E-state index is 0.0991. The van der Waals surface area contributed by atoms with Gasteiger partial charge in [0.2, 0.25) is 0 Å². The van der Waals surface area contributed by atoms with Crippen molar-refractivity contribution in [1.29, 1.82) is 0 Å². The van der Waals surface area contributed by atoms with E-state index in [-0.39, 0.29) is 10.8 Å². The van der Waals surface area contributed by atoms with Crippen LogP contribution in [-0.2, 0) is 13.1 Å². The maximum Gasteiger partial charge on any atom is 0.138 e. The van der Waals surface area contributed by atoms with Crippen molar-refractivity contribution in [2.75, 3.05) is 6.54 Å². The van der Waals surface area contributed by atoms with Gasteiger partial charge in [-0.15, -0.1) is 0 Å². The summed E-state index contributed by atoms with van der Waals surface area (Å²) in [5.41, 5.74) is 0.720. The van der Waals surface area contributed by atoms with Crippen molar-refractivity contribution in [2.45, 2.75) is 25.9 Å². The molecule has 0 fully saturated rings. The van der Waals surface area contributed by atoms with Crippen LogP contribution in [0.2, 0.25) is 10.0 Å². The van der Waals surface area contributed by atoms with Crippen LogP contribution in [0.5, 0.6) is 5.75 Å². The highest BCUT2D eigenvalue weighted by Gasteiger charge is 2.07. The van der Waals surface area contributed by atoms with Crippen LogP contribution in [0.4, 0.5) is 0 Å². The average Bonchev–Trinajstić information content (AvgIpc) is 2.92. The summed E-state index contributed by atoms with van der Waals surface area (Å²) in [6.45, 7) is 2.39. The first-order valence-corrected chi connectivity index (χ1v) is 7.26. The van der Waals surface area contributed by atoms with Crippen molar-refractivity contribution in [2.24, 2.45) is 0 Å². The molecule has 6 heteroatoms. The lowest BCUT2D eigenvalue weighted by Gasteiger charge is -2.09. The molecule has 0 atom stereocenters. The molecule has 0 saturated carbocycles. The zero-order chi connectivity index (χ0) is 14.4. The van der Waals surface area contributed by atoms with E-state index in [1.807, 2.05) is 12.5 Å². The predicted molar refractivity (Wildman–Crippen MR) is 81.3 cm³/mol. The Labute approximate surface area is 128 Å². The monoisotopic (exact) mass is 313 g/mol. The third kappa shape index (κ3) is 4.40. The molecule has 0 saturated heterocycles. The van der Waals surface area contributed by atoms with E-state index in [0.717, 1.165) is 31.5 Å². The number of nitrogens with one attached hydrogen (secondary N) is 1. The fourth-order valence-electron chi connectivity index (χ4n) is 1.94. The molecule has 1 aromatic carbocycles. The molecule has 0 unspecified atom stereocenters. The Balaban J connectivity index is 1.68. The number of hydrogen-bond donors (Lipinski definition) is 2. The van der Waals surface area contributed by atoms with E-state index in [1.165, 1.54) is 6.07 Å². The Morgan fingerprint density at radius 1 is 1.25 bits per heavy atom. The third-order valence-electron chi connectivity index (χ3n) is 3.00. The molecular formula is C14H17Cl2N3O. The number of imidazole rings is 1. The molecule has 0 radical (unpaired) electrons. The second kappa shape index (κ2) is 7.53. The van der Waals surface area contributed by atoms with Gasteiger partial charge in [-0.3, -0.25) is 0 Å². The van der Waals surface area contributed by atoms with Gasteiger partial charge in [0.05, 0.1) is 11.3 Å². The molecule has 2 rings (SSSR count). The number of rotatable bonds is 7. The number of aromatic nitrogens is 2. The van der Waals surface area contributed by atoms with Crippen LogP contribution in [0.15, 0.2) is 30.9 Å². The van der Waals surface area contributed by atoms with Crippen molar-refractivity contribution < 1.29 is 5.11 Å². The molecular weight excluding hydrogens is 297 g/mol. The molecule has 0 spiro atoms. The van der Waals surface area contributed by atoms with Gasteiger partial charge in [0.1, 0.15) is 5.75 Å². The van der Waals surface area contributed by atoms with E-state index in [0.29, 0.717) is 11.6 Å². The van der Waals surface area contributed by atoms with Gasteiger partial charge in [0, 0.05) is 36.1 Å². The number of aryl methyl sites for hydroxylation is 1. The summed E-state index contributed by atoms with van der Waals surface area (Å²) >= 11 is 11.8. The smallest absolute Gasteiger partial charge is 0.138 e. The first kappa shape index (κ1) is 15.2. The number of hydrogen-bond acceptors (Lipinski definition) is 3. The lowest BCUT2D eigenvalue weighted by Crippen LogP contribution is -2.15. The Hall–Kier alpha value is -1.23. The number of nitrogens with zero attached hydrogens (tertiary/aromatic N) is 2. The molecule has 2 aromatic rings. The van der Waals surface area contributed by atoms with Crippen LogP contribution in [-0.4, -0.2) is 21.2 Å². The summed E-state index contributed by atoms with van der Waals surface area (Å²) in [6.07, 6.45) is 7.68. The topological polar surface area (TPSA) is 50.1 Å². The van der Waals surface area contributed by atoms with Gasteiger partial charge in [0.15, 0.2) is 0 Å². The van der Waals surface area contributed by atoms with Crippen LogP contribution in [0.1, 0.15) is 18.4 Å².